The predicted molar refractivity (Wildman–Crippen MR) is 112 cm³/mol. The Labute approximate surface area is 172 Å². The van der Waals surface area contributed by atoms with E-state index in [1.165, 1.54) is 0 Å². The predicted octanol–water partition coefficient (Wildman–Crippen LogP) is 3.91. The first-order valence-electron chi connectivity index (χ1n) is 10.2. The lowest BCUT2D eigenvalue weighted by molar-refractivity contribution is -0.122. The number of rotatable bonds is 9. The lowest BCUT2D eigenvalue weighted by Crippen LogP contribution is -2.31. The van der Waals surface area contributed by atoms with Gasteiger partial charge in [-0.25, -0.2) is 0 Å². The van der Waals surface area contributed by atoms with Crippen LogP contribution in [0.2, 0.25) is 0 Å². The normalized spacial score (nSPS) is 17.0. The molecule has 29 heavy (non-hydrogen) atoms. The topological polar surface area (TPSA) is 64.6 Å². The van der Waals surface area contributed by atoms with Gasteiger partial charge in [0.2, 0.25) is 5.91 Å². The van der Waals surface area contributed by atoms with Crippen LogP contribution in [-0.2, 0) is 16.0 Å². The highest BCUT2D eigenvalue weighted by Crippen LogP contribution is 2.26. The number of benzene rings is 2. The van der Waals surface area contributed by atoms with Gasteiger partial charge in [-0.2, -0.15) is 0 Å². The molecule has 0 aliphatic heterocycles. The maximum absolute atomic E-state index is 12.4. The SMILES string of the molecule is COc1ccc(OCCNC(=O)[C@@H](C)c2ccc(C[C@H]3CCCC3=O)cc2)cc1. The van der Waals surface area contributed by atoms with Crippen LogP contribution in [0, 0.1) is 5.92 Å². The standard InChI is InChI=1S/C24H29NO4/c1-17(19-8-6-18(7-9-19)16-20-4-3-5-23(20)26)24(27)25-14-15-29-22-12-10-21(28-2)11-13-22/h6-13,17,20H,3-5,14-16H2,1-2H3,(H,25,27)/t17-,20+/m0/s1. The lowest BCUT2D eigenvalue weighted by Gasteiger charge is -2.14. The van der Waals surface area contributed by atoms with Crippen molar-refractivity contribution < 1.29 is 19.1 Å². The molecule has 1 fully saturated rings. The van der Waals surface area contributed by atoms with Crippen LogP contribution in [0.5, 0.6) is 11.5 Å². The Bertz CT molecular complexity index is 814. The average Bonchev–Trinajstić information content (AvgIpc) is 3.16. The summed E-state index contributed by atoms with van der Waals surface area (Å²) in [4.78, 5) is 24.2. The second-order valence-corrected chi connectivity index (χ2v) is 7.54. The fourth-order valence-electron chi connectivity index (χ4n) is 3.65. The minimum absolute atomic E-state index is 0.0259. The van der Waals surface area contributed by atoms with Crippen molar-refractivity contribution in [2.75, 3.05) is 20.3 Å². The number of nitrogens with one attached hydrogen (secondary N) is 1. The van der Waals surface area contributed by atoms with Crippen LogP contribution in [0.4, 0.5) is 0 Å². The Hall–Kier alpha value is -2.82. The Balaban J connectivity index is 1.42. The third-order valence-corrected chi connectivity index (χ3v) is 5.52. The van der Waals surface area contributed by atoms with E-state index in [0.717, 1.165) is 48.3 Å². The molecule has 5 nitrogen and oxygen atoms in total. The van der Waals surface area contributed by atoms with Gasteiger partial charge in [-0.3, -0.25) is 9.59 Å². The molecule has 0 spiro atoms. The zero-order valence-corrected chi connectivity index (χ0v) is 17.1. The van der Waals surface area contributed by atoms with Crippen molar-refractivity contribution in [1.82, 2.24) is 5.32 Å². The van der Waals surface area contributed by atoms with Gasteiger partial charge in [0.25, 0.3) is 0 Å². The second kappa shape index (κ2) is 10.1. The highest BCUT2D eigenvalue weighted by Gasteiger charge is 2.24. The molecule has 0 unspecified atom stereocenters. The van der Waals surface area contributed by atoms with Gasteiger partial charge < -0.3 is 14.8 Å². The lowest BCUT2D eigenvalue weighted by atomic mass is 9.94. The summed E-state index contributed by atoms with van der Waals surface area (Å²) in [5.74, 6) is 1.82. The van der Waals surface area contributed by atoms with Crippen LogP contribution in [0.3, 0.4) is 0 Å². The summed E-state index contributed by atoms with van der Waals surface area (Å²) >= 11 is 0. The monoisotopic (exact) mass is 395 g/mol. The van der Waals surface area contributed by atoms with Crippen LogP contribution in [-0.4, -0.2) is 32.0 Å². The van der Waals surface area contributed by atoms with E-state index in [0.29, 0.717) is 18.9 Å². The summed E-state index contributed by atoms with van der Waals surface area (Å²) in [5.41, 5.74) is 2.13. The van der Waals surface area contributed by atoms with Gasteiger partial charge in [0.15, 0.2) is 0 Å². The molecule has 5 heteroatoms. The first-order chi connectivity index (χ1) is 14.1. The second-order valence-electron chi connectivity index (χ2n) is 7.54. The van der Waals surface area contributed by atoms with Crippen molar-refractivity contribution in [3.05, 3.63) is 59.7 Å². The zero-order chi connectivity index (χ0) is 20.6. The van der Waals surface area contributed by atoms with Crippen molar-refractivity contribution in [1.29, 1.82) is 0 Å². The molecule has 0 heterocycles. The molecule has 2 atom stereocenters. The van der Waals surface area contributed by atoms with Crippen LogP contribution in [0.1, 0.15) is 43.2 Å². The van der Waals surface area contributed by atoms with Gasteiger partial charge in [0.05, 0.1) is 19.6 Å². The van der Waals surface area contributed by atoms with E-state index in [-0.39, 0.29) is 17.7 Å². The molecule has 1 N–H and O–H groups in total. The number of methoxy groups -OCH3 is 1. The fraction of sp³-hybridized carbons (Fsp3) is 0.417. The summed E-state index contributed by atoms with van der Waals surface area (Å²) in [7, 11) is 1.62. The number of ether oxygens (including phenoxy) is 2. The number of Topliss-reactive ketones (excluding diaryl/α,β-unsaturated/α-hetero) is 1. The number of amides is 1. The Morgan fingerprint density at radius 1 is 1.10 bits per heavy atom. The van der Waals surface area contributed by atoms with Gasteiger partial charge in [-0.1, -0.05) is 24.3 Å². The van der Waals surface area contributed by atoms with Gasteiger partial charge in [-0.05, 0) is 61.6 Å². The van der Waals surface area contributed by atoms with E-state index in [1.807, 2.05) is 55.5 Å². The van der Waals surface area contributed by atoms with Crippen molar-refractivity contribution in [2.24, 2.45) is 5.92 Å². The molecule has 154 valence electrons. The largest absolute Gasteiger partial charge is 0.497 e. The average molecular weight is 395 g/mol. The zero-order valence-electron chi connectivity index (χ0n) is 17.1. The molecule has 0 aromatic heterocycles. The molecular formula is C24H29NO4. The van der Waals surface area contributed by atoms with Gasteiger partial charge >= 0.3 is 0 Å². The van der Waals surface area contributed by atoms with Crippen LogP contribution < -0.4 is 14.8 Å². The third kappa shape index (κ3) is 5.83. The maximum Gasteiger partial charge on any atom is 0.227 e. The molecule has 1 aliphatic carbocycles. The highest BCUT2D eigenvalue weighted by atomic mass is 16.5. The van der Waals surface area contributed by atoms with Gasteiger partial charge in [0.1, 0.15) is 23.9 Å². The molecule has 1 saturated carbocycles. The molecular weight excluding hydrogens is 366 g/mol. The Morgan fingerprint density at radius 2 is 1.79 bits per heavy atom. The first kappa shape index (κ1) is 20.9. The van der Waals surface area contributed by atoms with E-state index in [2.05, 4.69) is 5.32 Å². The molecule has 2 aromatic carbocycles. The van der Waals surface area contributed by atoms with Crippen molar-refractivity contribution in [2.45, 2.75) is 38.5 Å². The minimum Gasteiger partial charge on any atom is -0.497 e. The first-order valence-corrected chi connectivity index (χ1v) is 10.2. The fourth-order valence-corrected chi connectivity index (χ4v) is 3.65. The summed E-state index contributed by atoms with van der Waals surface area (Å²) in [5, 5.41) is 2.92. The molecule has 2 aromatic rings. The number of carbonyl (C=O) groups excluding carboxylic acids is 2. The summed E-state index contributed by atoms with van der Waals surface area (Å²) in [6, 6.07) is 15.4. The molecule has 1 aliphatic rings. The number of hydrogen-bond acceptors (Lipinski definition) is 4. The van der Waals surface area contributed by atoms with Gasteiger partial charge in [0, 0.05) is 12.3 Å². The number of hydrogen-bond donors (Lipinski definition) is 1. The Morgan fingerprint density at radius 3 is 2.41 bits per heavy atom. The van der Waals surface area contributed by atoms with Gasteiger partial charge in [-0.15, -0.1) is 0 Å². The molecule has 3 rings (SSSR count). The summed E-state index contributed by atoms with van der Waals surface area (Å²) in [6.07, 6.45) is 3.55. The summed E-state index contributed by atoms with van der Waals surface area (Å²) < 4.78 is 10.7. The van der Waals surface area contributed by atoms with E-state index in [1.54, 1.807) is 7.11 Å². The Kier molecular flexibility index (Phi) is 7.28. The number of carbonyl (C=O) groups is 2. The van der Waals surface area contributed by atoms with E-state index in [4.69, 9.17) is 9.47 Å². The highest BCUT2D eigenvalue weighted by molar-refractivity contribution is 5.83. The smallest absolute Gasteiger partial charge is 0.227 e. The molecule has 0 saturated heterocycles. The minimum atomic E-state index is -0.238. The van der Waals surface area contributed by atoms with E-state index < -0.39 is 0 Å². The van der Waals surface area contributed by atoms with E-state index in [9.17, 15) is 9.59 Å². The molecule has 0 radical (unpaired) electrons. The number of ketones is 1. The van der Waals surface area contributed by atoms with Crippen molar-refractivity contribution in [3.8, 4) is 11.5 Å². The van der Waals surface area contributed by atoms with E-state index >= 15 is 0 Å². The van der Waals surface area contributed by atoms with Crippen LogP contribution in [0.15, 0.2) is 48.5 Å². The molecule has 0 bridgehead atoms. The van der Waals surface area contributed by atoms with Crippen LogP contribution in [0.25, 0.3) is 0 Å². The third-order valence-electron chi connectivity index (χ3n) is 5.52. The maximum atomic E-state index is 12.4. The molecule has 1 amide bonds. The van der Waals surface area contributed by atoms with Crippen molar-refractivity contribution in [3.63, 3.8) is 0 Å². The quantitative estimate of drug-likeness (QED) is 0.654. The van der Waals surface area contributed by atoms with Crippen molar-refractivity contribution >= 4 is 11.7 Å². The summed E-state index contributed by atoms with van der Waals surface area (Å²) in [6.45, 7) is 2.74. The van der Waals surface area contributed by atoms with Crippen LogP contribution >= 0.6 is 0 Å².